The molecule has 0 atom stereocenters. The minimum atomic E-state index is -0.421. The van der Waals surface area contributed by atoms with Crippen molar-refractivity contribution in [3.63, 3.8) is 0 Å². The fourth-order valence-corrected chi connectivity index (χ4v) is 2.19. The minimum Gasteiger partial charge on any atom is -0.399 e. The highest BCUT2D eigenvalue weighted by molar-refractivity contribution is 5.81. The summed E-state index contributed by atoms with van der Waals surface area (Å²) in [5.41, 5.74) is 8.29. The maximum Gasteiger partial charge on any atom is 0.124 e. The molecule has 0 fully saturated rings. The lowest BCUT2D eigenvalue weighted by atomic mass is 10.1. The Balaban J connectivity index is 2.03. The Kier molecular flexibility index (Phi) is 2.84. The fourth-order valence-electron chi connectivity index (χ4n) is 2.19. The molecule has 0 aliphatic heterocycles. The van der Waals surface area contributed by atoms with Crippen LogP contribution >= 0.6 is 0 Å². The van der Waals surface area contributed by atoms with Gasteiger partial charge in [-0.25, -0.2) is 4.39 Å². The van der Waals surface area contributed by atoms with E-state index in [1.165, 1.54) is 12.1 Å². The Bertz CT molecular complexity index is 829. The van der Waals surface area contributed by atoms with Gasteiger partial charge in [0.1, 0.15) is 5.82 Å². The summed E-state index contributed by atoms with van der Waals surface area (Å²) in [6.07, 6.45) is 1.74. The average molecular weight is 266 g/mol. The Morgan fingerprint density at radius 1 is 1.25 bits per heavy atom. The number of benzene rings is 2. The maximum atomic E-state index is 13.4. The molecule has 0 saturated carbocycles. The van der Waals surface area contributed by atoms with Gasteiger partial charge in [-0.15, -0.1) is 0 Å². The van der Waals surface area contributed by atoms with Gasteiger partial charge >= 0.3 is 0 Å². The molecular formula is C15H11FN4. The molecule has 20 heavy (non-hydrogen) atoms. The van der Waals surface area contributed by atoms with Gasteiger partial charge in [0.25, 0.3) is 0 Å². The molecular weight excluding hydrogens is 255 g/mol. The van der Waals surface area contributed by atoms with Crippen LogP contribution in [0.15, 0.2) is 42.6 Å². The highest BCUT2D eigenvalue weighted by atomic mass is 19.1. The van der Waals surface area contributed by atoms with Crippen LogP contribution in [-0.4, -0.2) is 9.78 Å². The second kappa shape index (κ2) is 4.67. The van der Waals surface area contributed by atoms with Crippen LogP contribution in [-0.2, 0) is 6.54 Å². The molecule has 3 rings (SSSR count). The van der Waals surface area contributed by atoms with Gasteiger partial charge in [-0.05, 0) is 42.0 Å². The molecule has 3 aromatic rings. The number of rotatable bonds is 2. The van der Waals surface area contributed by atoms with Crippen molar-refractivity contribution >= 4 is 16.6 Å². The summed E-state index contributed by atoms with van der Waals surface area (Å²) < 4.78 is 15.2. The largest absolute Gasteiger partial charge is 0.399 e. The van der Waals surface area contributed by atoms with E-state index >= 15 is 0 Å². The third kappa shape index (κ3) is 2.19. The lowest BCUT2D eigenvalue weighted by molar-refractivity contribution is 0.620. The average Bonchev–Trinajstić information content (AvgIpc) is 2.80. The lowest BCUT2D eigenvalue weighted by Crippen LogP contribution is -2.02. The minimum absolute atomic E-state index is 0.302. The van der Waals surface area contributed by atoms with Gasteiger partial charge in [0.15, 0.2) is 0 Å². The van der Waals surface area contributed by atoms with Gasteiger partial charge in [-0.1, -0.05) is 0 Å². The van der Waals surface area contributed by atoms with E-state index in [0.717, 1.165) is 10.9 Å². The molecule has 1 heterocycles. The van der Waals surface area contributed by atoms with Crippen molar-refractivity contribution in [2.45, 2.75) is 6.54 Å². The van der Waals surface area contributed by atoms with Crippen LogP contribution in [0.4, 0.5) is 10.1 Å². The number of aromatic nitrogens is 2. The van der Waals surface area contributed by atoms with Crippen LogP contribution in [0, 0.1) is 17.1 Å². The highest BCUT2D eigenvalue weighted by Crippen LogP contribution is 2.19. The number of halogens is 1. The Morgan fingerprint density at radius 3 is 2.90 bits per heavy atom. The number of anilines is 1. The van der Waals surface area contributed by atoms with E-state index in [4.69, 9.17) is 11.0 Å². The summed E-state index contributed by atoms with van der Waals surface area (Å²) in [5, 5.41) is 14.1. The molecule has 0 unspecified atom stereocenters. The number of nitrogens with two attached hydrogens (primary N) is 1. The summed E-state index contributed by atoms with van der Waals surface area (Å²) in [4.78, 5) is 0. The van der Waals surface area contributed by atoms with Crippen molar-refractivity contribution in [1.82, 2.24) is 9.78 Å². The van der Waals surface area contributed by atoms with Gasteiger partial charge in [0, 0.05) is 11.1 Å². The van der Waals surface area contributed by atoms with Gasteiger partial charge in [0.05, 0.1) is 29.9 Å². The molecule has 2 N–H and O–H groups in total. The first-order valence-corrected chi connectivity index (χ1v) is 6.06. The molecule has 0 aliphatic rings. The third-order valence-electron chi connectivity index (χ3n) is 3.09. The molecule has 0 bridgehead atoms. The fraction of sp³-hybridized carbons (Fsp3) is 0.0667. The number of nitrogen functional groups attached to an aromatic ring is 1. The molecule has 4 nitrogen and oxygen atoms in total. The van der Waals surface area contributed by atoms with Crippen molar-refractivity contribution in [2.24, 2.45) is 0 Å². The van der Waals surface area contributed by atoms with Crippen LogP contribution in [0.3, 0.4) is 0 Å². The van der Waals surface area contributed by atoms with Crippen LogP contribution in [0.25, 0.3) is 10.9 Å². The zero-order valence-corrected chi connectivity index (χ0v) is 10.5. The van der Waals surface area contributed by atoms with Crippen LogP contribution in [0.1, 0.15) is 11.1 Å². The van der Waals surface area contributed by atoms with E-state index < -0.39 is 5.82 Å². The maximum absolute atomic E-state index is 13.4. The first kappa shape index (κ1) is 12.2. The van der Waals surface area contributed by atoms with E-state index in [2.05, 4.69) is 5.10 Å². The van der Waals surface area contributed by atoms with Crippen molar-refractivity contribution in [1.29, 1.82) is 5.26 Å². The molecule has 1 aromatic heterocycles. The smallest absolute Gasteiger partial charge is 0.124 e. The van der Waals surface area contributed by atoms with Gasteiger partial charge in [-0.2, -0.15) is 10.4 Å². The highest BCUT2D eigenvalue weighted by Gasteiger charge is 2.06. The van der Waals surface area contributed by atoms with Crippen LogP contribution in [0.2, 0.25) is 0 Å². The summed E-state index contributed by atoms with van der Waals surface area (Å²) in [6.45, 7) is 0.388. The number of fused-ring (bicyclic) bond motifs is 1. The number of nitrogens with zero attached hydrogens (tertiary/aromatic N) is 3. The van der Waals surface area contributed by atoms with Crippen molar-refractivity contribution in [3.05, 3.63) is 59.5 Å². The molecule has 0 aliphatic carbocycles. The summed E-state index contributed by atoms with van der Waals surface area (Å²) in [6, 6.07) is 11.7. The normalized spacial score (nSPS) is 10.6. The quantitative estimate of drug-likeness (QED) is 0.725. The number of nitriles is 1. The van der Waals surface area contributed by atoms with Crippen molar-refractivity contribution < 1.29 is 4.39 Å². The molecule has 0 amide bonds. The molecule has 0 saturated heterocycles. The van der Waals surface area contributed by atoms with Gasteiger partial charge in [0.2, 0.25) is 0 Å². The standard InChI is InChI=1S/C15H11FN4/c16-13-4-10(7-17)3-11(5-13)9-20-15-6-14(18)2-1-12(15)8-19-20/h1-6,8H,9,18H2. The van der Waals surface area contributed by atoms with Crippen LogP contribution in [0.5, 0.6) is 0 Å². The van der Waals surface area contributed by atoms with E-state index in [1.54, 1.807) is 16.9 Å². The topological polar surface area (TPSA) is 67.6 Å². The first-order chi connectivity index (χ1) is 9.65. The molecule has 5 heteroatoms. The summed E-state index contributed by atoms with van der Waals surface area (Å²) in [5.74, 6) is -0.421. The molecule has 98 valence electrons. The Labute approximate surface area is 114 Å². The zero-order valence-electron chi connectivity index (χ0n) is 10.5. The predicted molar refractivity (Wildman–Crippen MR) is 74.4 cm³/mol. The predicted octanol–water partition coefficient (Wildman–Crippen LogP) is 2.68. The van der Waals surface area contributed by atoms with E-state index in [-0.39, 0.29) is 0 Å². The Hall–Kier alpha value is -2.87. The second-order valence-corrected chi connectivity index (χ2v) is 4.58. The van der Waals surface area contributed by atoms with Gasteiger partial charge in [-0.3, -0.25) is 4.68 Å². The van der Waals surface area contributed by atoms with Crippen molar-refractivity contribution in [2.75, 3.05) is 5.73 Å². The first-order valence-electron chi connectivity index (χ1n) is 6.06. The molecule has 0 spiro atoms. The van der Waals surface area contributed by atoms with E-state index in [0.29, 0.717) is 23.4 Å². The van der Waals surface area contributed by atoms with E-state index in [9.17, 15) is 4.39 Å². The second-order valence-electron chi connectivity index (χ2n) is 4.58. The number of hydrogen-bond donors (Lipinski definition) is 1. The van der Waals surface area contributed by atoms with Crippen molar-refractivity contribution in [3.8, 4) is 6.07 Å². The molecule has 0 radical (unpaired) electrons. The zero-order chi connectivity index (χ0) is 14.1. The Morgan fingerprint density at radius 2 is 2.10 bits per heavy atom. The van der Waals surface area contributed by atoms with Gasteiger partial charge < -0.3 is 5.73 Å². The number of hydrogen-bond acceptors (Lipinski definition) is 3. The SMILES string of the molecule is N#Cc1cc(F)cc(Cn2ncc3ccc(N)cc32)c1. The lowest BCUT2D eigenvalue weighted by Gasteiger charge is -2.05. The third-order valence-corrected chi connectivity index (χ3v) is 3.09. The summed E-state index contributed by atoms with van der Waals surface area (Å²) >= 11 is 0. The summed E-state index contributed by atoms with van der Waals surface area (Å²) in [7, 11) is 0. The monoisotopic (exact) mass is 266 g/mol. The van der Waals surface area contributed by atoms with E-state index in [1.807, 2.05) is 24.3 Å². The van der Waals surface area contributed by atoms with Crippen LogP contribution < -0.4 is 5.73 Å². The molecule has 2 aromatic carbocycles.